The number of hydrogen-bond donors (Lipinski definition) is 0. The van der Waals surface area contributed by atoms with Gasteiger partial charge in [-0.3, -0.25) is 9.20 Å². The number of halogens is 2. The zero-order valence-corrected chi connectivity index (χ0v) is 14.0. The van der Waals surface area contributed by atoms with E-state index in [1.165, 1.54) is 21.8 Å². The summed E-state index contributed by atoms with van der Waals surface area (Å²) >= 11 is 8.24. The molecule has 2 aromatic heterocycles. The predicted octanol–water partition coefficient (Wildman–Crippen LogP) is 3.86. The summed E-state index contributed by atoms with van der Waals surface area (Å²) in [5.41, 5.74) is 0.525. The van der Waals surface area contributed by atoms with E-state index in [0.29, 0.717) is 16.4 Å². The lowest BCUT2D eigenvalue weighted by Crippen LogP contribution is -2.14. The summed E-state index contributed by atoms with van der Waals surface area (Å²) in [6.45, 7) is 0.254. The zero-order chi connectivity index (χ0) is 14.1. The number of aromatic nitrogens is 2. The van der Waals surface area contributed by atoms with Crippen LogP contribution in [0.2, 0.25) is 0 Å². The fourth-order valence-corrected chi connectivity index (χ4v) is 3.61. The molecule has 3 aromatic rings. The maximum absolute atomic E-state index is 11.8. The van der Waals surface area contributed by atoms with E-state index in [4.69, 9.17) is 4.74 Å². The topological polar surface area (TPSA) is 43.6 Å². The van der Waals surface area contributed by atoms with Crippen molar-refractivity contribution < 1.29 is 4.74 Å². The minimum Gasteiger partial charge on any atom is -0.486 e. The molecule has 102 valence electrons. The van der Waals surface area contributed by atoms with Gasteiger partial charge in [-0.05, 0) is 34.1 Å². The minimum absolute atomic E-state index is 0.0929. The van der Waals surface area contributed by atoms with Crippen LogP contribution in [0.15, 0.2) is 49.6 Å². The molecular formula is C13H8Br2N2O2S. The van der Waals surface area contributed by atoms with E-state index >= 15 is 0 Å². The van der Waals surface area contributed by atoms with Gasteiger partial charge in [0.2, 0.25) is 0 Å². The Balaban J connectivity index is 1.84. The van der Waals surface area contributed by atoms with Gasteiger partial charge in [0.05, 0.1) is 10.2 Å². The zero-order valence-electron chi connectivity index (χ0n) is 10.0. The highest BCUT2D eigenvalue weighted by molar-refractivity contribution is 9.11. The molecule has 0 aliphatic carbocycles. The first-order valence-corrected chi connectivity index (χ1v) is 8.14. The molecule has 20 heavy (non-hydrogen) atoms. The summed E-state index contributed by atoms with van der Waals surface area (Å²) < 4.78 is 9.02. The van der Waals surface area contributed by atoms with Gasteiger partial charge in [0.1, 0.15) is 12.4 Å². The summed E-state index contributed by atoms with van der Waals surface area (Å²) in [6, 6.07) is 7.14. The van der Waals surface area contributed by atoms with E-state index in [1.807, 2.05) is 23.6 Å². The van der Waals surface area contributed by atoms with Crippen LogP contribution in [-0.2, 0) is 6.61 Å². The first-order chi connectivity index (χ1) is 9.63. The van der Waals surface area contributed by atoms with Crippen molar-refractivity contribution >= 4 is 48.2 Å². The fraction of sp³-hybridized carbons (Fsp3) is 0.0769. The van der Waals surface area contributed by atoms with Crippen molar-refractivity contribution in [3.05, 3.63) is 60.8 Å². The number of benzene rings is 1. The molecule has 0 fully saturated rings. The molecule has 0 radical (unpaired) electrons. The van der Waals surface area contributed by atoms with Crippen molar-refractivity contribution in [2.24, 2.45) is 0 Å². The normalized spacial score (nSPS) is 10.9. The number of rotatable bonds is 3. The SMILES string of the molecule is O=c1cc(COc2ccc(Br)cc2Br)nc2sccn12. The van der Waals surface area contributed by atoms with Gasteiger partial charge < -0.3 is 4.74 Å². The molecule has 0 amide bonds. The highest BCUT2D eigenvalue weighted by Crippen LogP contribution is 2.28. The van der Waals surface area contributed by atoms with Crippen LogP contribution in [0.25, 0.3) is 4.96 Å². The van der Waals surface area contributed by atoms with Crippen molar-refractivity contribution in [1.82, 2.24) is 9.38 Å². The Morgan fingerprint density at radius 2 is 2.15 bits per heavy atom. The molecule has 0 bridgehead atoms. The number of nitrogens with zero attached hydrogens (tertiary/aromatic N) is 2. The van der Waals surface area contributed by atoms with E-state index in [9.17, 15) is 4.79 Å². The smallest absolute Gasteiger partial charge is 0.258 e. The van der Waals surface area contributed by atoms with Gasteiger partial charge in [0, 0.05) is 22.1 Å². The van der Waals surface area contributed by atoms with Gasteiger partial charge in [-0.15, -0.1) is 11.3 Å². The minimum atomic E-state index is -0.0929. The number of fused-ring (bicyclic) bond motifs is 1. The van der Waals surface area contributed by atoms with Gasteiger partial charge >= 0.3 is 0 Å². The molecule has 0 saturated carbocycles. The lowest BCUT2D eigenvalue weighted by Gasteiger charge is -2.08. The summed E-state index contributed by atoms with van der Waals surface area (Å²) in [6.07, 6.45) is 1.71. The molecular weight excluding hydrogens is 408 g/mol. The highest BCUT2D eigenvalue weighted by Gasteiger charge is 2.06. The van der Waals surface area contributed by atoms with Gasteiger partial charge in [0.15, 0.2) is 4.96 Å². The Bertz CT molecular complexity index is 829. The first kappa shape index (κ1) is 13.8. The number of ether oxygens (including phenoxy) is 1. The van der Waals surface area contributed by atoms with Crippen molar-refractivity contribution in [2.75, 3.05) is 0 Å². The van der Waals surface area contributed by atoms with Crippen molar-refractivity contribution in [3.8, 4) is 5.75 Å². The predicted molar refractivity (Wildman–Crippen MR) is 85.5 cm³/mol. The summed E-state index contributed by atoms with van der Waals surface area (Å²) in [5.74, 6) is 0.710. The third-order valence-corrected chi connectivity index (χ3v) is 4.50. The second-order valence-corrected chi connectivity index (χ2v) is 6.65. The molecule has 4 nitrogen and oxygen atoms in total. The summed E-state index contributed by atoms with van der Waals surface area (Å²) in [7, 11) is 0. The molecule has 0 N–H and O–H groups in total. The highest BCUT2D eigenvalue weighted by atomic mass is 79.9. The lowest BCUT2D eigenvalue weighted by atomic mass is 10.3. The molecule has 3 rings (SSSR count). The van der Waals surface area contributed by atoms with Crippen LogP contribution in [0, 0.1) is 0 Å². The lowest BCUT2D eigenvalue weighted by molar-refractivity contribution is 0.299. The van der Waals surface area contributed by atoms with E-state index in [1.54, 1.807) is 6.20 Å². The van der Waals surface area contributed by atoms with E-state index in [2.05, 4.69) is 36.8 Å². The average Bonchev–Trinajstić information content (AvgIpc) is 2.86. The van der Waals surface area contributed by atoms with Crippen LogP contribution in [0.4, 0.5) is 0 Å². The van der Waals surface area contributed by atoms with Crippen LogP contribution in [0.1, 0.15) is 5.69 Å². The van der Waals surface area contributed by atoms with Crippen LogP contribution >= 0.6 is 43.2 Å². The third-order valence-electron chi connectivity index (χ3n) is 2.63. The van der Waals surface area contributed by atoms with E-state index in [0.717, 1.165) is 8.95 Å². The molecule has 0 aliphatic heterocycles. The van der Waals surface area contributed by atoms with Gasteiger partial charge in [-0.2, -0.15) is 0 Å². The molecule has 1 aromatic carbocycles. The van der Waals surface area contributed by atoms with Crippen LogP contribution in [0.3, 0.4) is 0 Å². The number of hydrogen-bond acceptors (Lipinski definition) is 4. The molecule has 0 unspecified atom stereocenters. The summed E-state index contributed by atoms with van der Waals surface area (Å²) in [5, 5.41) is 1.83. The van der Waals surface area contributed by atoms with Crippen molar-refractivity contribution in [1.29, 1.82) is 0 Å². The second-order valence-electron chi connectivity index (χ2n) is 4.00. The third kappa shape index (κ3) is 2.79. The standard InChI is InChI=1S/C13H8Br2N2O2S/c14-8-1-2-11(10(15)5-8)19-7-9-6-12(18)17-3-4-20-13(17)16-9/h1-6H,7H2. The quantitative estimate of drug-likeness (QED) is 0.652. The van der Waals surface area contributed by atoms with E-state index < -0.39 is 0 Å². The Kier molecular flexibility index (Phi) is 3.91. The average molecular weight is 416 g/mol. The number of thiazole rings is 1. The Morgan fingerprint density at radius 3 is 2.95 bits per heavy atom. The van der Waals surface area contributed by atoms with Gasteiger partial charge in [-0.1, -0.05) is 15.9 Å². The molecule has 0 atom stereocenters. The molecule has 0 spiro atoms. The first-order valence-electron chi connectivity index (χ1n) is 5.67. The Morgan fingerprint density at radius 1 is 1.30 bits per heavy atom. The molecule has 7 heteroatoms. The molecule has 0 aliphatic rings. The maximum Gasteiger partial charge on any atom is 0.258 e. The second kappa shape index (κ2) is 5.67. The van der Waals surface area contributed by atoms with E-state index in [-0.39, 0.29) is 12.2 Å². The van der Waals surface area contributed by atoms with Crippen LogP contribution in [-0.4, -0.2) is 9.38 Å². The molecule has 2 heterocycles. The van der Waals surface area contributed by atoms with Gasteiger partial charge in [0.25, 0.3) is 5.56 Å². The monoisotopic (exact) mass is 414 g/mol. The largest absolute Gasteiger partial charge is 0.486 e. The Hall–Kier alpha value is -1.18. The Labute approximate surface area is 135 Å². The van der Waals surface area contributed by atoms with Crippen LogP contribution in [0.5, 0.6) is 5.75 Å². The van der Waals surface area contributed by atoms with Crippen molar-refractivity contribution in [3.63, 3.8) is 0 Å². The van der Waals surface area contributed by atoms with Crippen molar-refractivity contribution in [2.45, 2.75) is 6.61 Å². The summed E-state index contributed by atoms with van der Waals surface area (Å²) in [4.78, 5) is 16.9. The molecule has 0 saturated heterocycles. The van der Waals surface area contributed by atoms with Gasteiger partial charge in [-0.25, -0.2) is 4.98 Å². The fourth-order valence-electron chi connectivity index (χ4n) is 1.71. The maximum atomic E-state index is 11.8. The van der Waals surface area contributed by atoms with Crippen LogP contribution < -0.4 is 10.3 Å².